The maximum atomic E-state index is 11.6. The summed E-state index contributed by atoms with van der Waals surface area (Å²) in [7, 11) is 0. The normalized spacial score (nSPS) is 13.4. The topological polar surface area (TPSA) is 126 Å². The Kier molecular flexibility index (Phi) is 7.33. The summed E-state index contributed by atoms with van der Waals surface area (Å²) in [6, 6.07) is 4.00. The van der Waals surface area contributed by atoms with Gasteiger partial charge in [0.25, 0.3) is 0 Å². The van der Waals surface area contributed by atoms with Crippen LogP contribution in [0, 0.1) is 0 Å². The Labute approximate surface area is 181 Å². The van der Waals surface area contributed by atoms with Gasteiger partial charge >= 0.3 is 17.1 Å². The maximum Gasteiger partial charge on any atom is 0.333 e. The van der Waals surface area contributed by atoms with Crippen LogP contribution in [0.1, 0.15) is 71.1 Å². The number of aromatic nitrogens is 3. The smallest absolute Gasteiger partial charge is 0.333 e. The van der Waals surface area contributed by atoms with Crippen molar-refractivity contribution in [3.05, 3.63) is 60.3 Å². The Morgan fingerprint density at radius 2 is 1.42 bits per heavy atom. The second kappa shape index (κ2) is 9.23. The highest BCUT2D eigenvalue weighted by atomic mass is 17.2. The van der Waals surface area contributed by atoms with E-state index in [0.717, 1.165) is 21.3 Å². The fraction of sp³-hybridized carbons (Fsp3) is 0.591. The number of H-pyrrole nitrogens is 2. The van der Waals surface area contributed by atoms with Crippen molar-refractivity contribution in [1.29, 1.82) is 0 Å². The van der Waals surface area contributed by atoms with E-state index >= 15 is 0 Å². The molecule has 1 unspecified atom stereocenters. The van der Waals surface area contributed by atoms with Crippen molar-refractivity contribution in [3.63, 3.8) is 0 Å². The molecule has 0 radical (unpaired) electrons. The number of rotatable bonds is 7. The number of benzene rings is 1. The van der Waals surface area contributed by atoms with E-state index < -0.39 is 17.1 Å². The number of nitrogens with zero attached hydrogens (tertiary/aromatic N) is 1. The van der Waals surface area contributed by atoms with Gasteiger partial charge in [-0.2, -0.15) is 0 Å². The quantitative estimate of drug-likeness (QED) is 0.348. The monoisotopic (exact) mass is 435 g/mol. The predicted molar refractivity (Wildman–Crippen MR) is 118 cm³/mol. The standard InChI is InChI=1S/C22H33N3O6/c1-13(12-31-30-9-8-25-19(28)23-18(27)24-20(25)29)14-10-15(21(2,3)4)17(26)16(11-14)22(5,6)7/h10-11,13,26H,8-9,12H2,1-7H3,(H2,23,24,27,28,29). The van der Waals surface area contributed by atoms with Gasteiger partial charge in [-0.05, 0) is 27.5 Å². The number of hydrogen-bond acceptors (Lipinski definition) is 6. The summed E-state index contributed by atoms with van der Waals surface area (Å²) in [4.78, 5) is 48.7. The Balaban J connectivity index is 2.07. The van der Waals surface area contributed by atoms with E-state index in [1.54, 1.807) is 0 Å². The first kappa shape index (κ1) is 24.6. The largest absolute Gasteiger partial charge is 0.507 e. The average Bonchev–Trinajstić information content (AvgIpc) is 2.61. The molecular weight excluding hydrogens is 402 g/mol. The van der Waals surface area contributed by atoms with Gasteiger partial charge in [0.2, 0.25) is 0 Å². The van der Waals surface area contributed by atoms with E-state index in [-0.39, 0.29) is 36.5 Å². The van der Waals surface area contributed by atoms with Crippen molar-refractivity contribution < 1.29 is 14.9 Å². The van der Waals surface area contributed by atoms with Crippen LogP contribution in [0.5, 0.6) is 5.75 Å². The first-order valence-corrected chi connectivity index (χ1v) is 10.3. The lowest BCUT2D eigenvalue weighted by Crippen LogP contribution is -2.43. The molecule has 1 heterocycles. The van der Waals surface area contributed by atoms with Gasteiger partial charge in [0, 0.05) is 5.92 Å². The Hall–Kier alpha value is -2.65. The fourth-order valence-electron chi connectivity index (χ4n) is 3.17. The van der Waals surface area contributed by atoms with Gasteiger partial charge in [0.15, 0.2) is 0 Å². The number of hydrogen-bond donors (Lipinski definition) is 3. The van der Waals surface area contributed by atoms with Crippen LogP contribution in [0.25, 0.3) is 0 Å². The third-order valence-electron chi connectivity index (χ3n) is 5.05. The molecule has 2 aromatic rings. The lowest BCUT2D eigenvalue weighted by molar-refractivity contribution is -0.298. The molecule has 9 heteroatoms. The summed E-state index contributed by atoms with van der Waals surface area (Å²) in [6.07, 6.45) is 0. The first-order chi connectivity index (χ1) is 14.2. The molecule has 0 aliphatic rings. The molecule has 0 aliphatic heterocycles. The number of nitrogens with one attached hydrogen (secondary N) is 2. The summed E-state index contributed by atoms with van der Waals surface area (Å²) in [5, 5.41) is 10.8. The second-order valence-electron chi connectivity index (χ2n) is 9.81. The zero-order valence-corrected chi connectivity index (χ0v) is 19.3. The van der Waals surface area contributed by atoms with E-state index in [1.807, 2.05) is 29.0 Å². The highest BCUT2D eigenvalue weighted by molar-refractivity contribution is 5.50. The van der Waals surface area contributed by atoms with Crippen LogP contribution < -0.4 is 17.1 Å². The zero-order chi connectivity index (χ0) is 23.6. The van der Waals surface area contributed by atoms with Gasteiger partial charge in [-0.15, -0.1) is 0 Å². The van der Waals surface area contributed by atoms with Gasteiger partial charge in [0.05, 0.1) is 13.2 Å². The third-order valence-corrected chi connectivity index (χ3v) is 5.05. The Bertz CT molecular complexity index is 1010. The molecule has 3 N–H and O–H groups in total. The number of phenolic OH excluding ortho intramolecular Hbond substituents is 1. The number of aromatic hydroxyl groups is 1. The van der Waals surface area contributed by atoms with Gasteiger partial charge < -0.3 is 5.11 Å². The third kappa shape index (κ3) is 6.18. The number of phenols is 1. The van der Waals surface area contributed by atoms with Crippen LogP contribution in [0.3, 0.4) is 0 Å². The summed E-state index contributed by atoms with van der Waals surface area (Å²) in [5.41, 5.74) is -0.153. The second-order valence-corrected chi connectivity index (χ2v) is 9.81. The van der Waals surface area contributed by atoms with E-state index in [9.17, 15) is 19.5 Å². The van der Waals surface area contributed by atoms with Crippen LogP contribution in [-0.2, 0) is 27.1 Å². The molecule has 9 nitrogen and oxygen atoms in total. The molecule has 31 heavy (non-hydrogen) atoms. The lowest BCUT2D eigenvalue weighted by atomic mass is 9.77. The molecule has 0 aliphatic carbocycles. The van der Waals surface area contributed by atoms with Crippen LogP contribution in [0.2, 0.25) is 0 Å². The van der Waals surface area contributed by atoms with E-state index in [4.69, 9.17) is 9.78 Å². The molecule has 1 atom stereocenters. The van der Waals surface area contributed by atoms with E-state index in [1.165, 1.54) is 0 Å². The van der Waals surface area contributed by atoms with Crippen molar-refractivity contribution >= 4 is 0 Å². The molecule has 172 valence electrons. The molecule has 0 amide bonds. The van der Waals surface area contributed by atoms with E-state index in [2.05, 4.69) is 41.5 Å². The summed E-state index contributed by atoms with van der Waals surface area (Å²) >= 11 is 0. The molecule has 1 aromatic carbocycles. The van der Waals surface area contributed by atoms with E-state index in [0.29, 0.717) is 5.75 Å². The first-order valence-electron chi connectivity index (χ1n) is 10.3. The van der Waals surface area contributed by atoms with Crippen LogP contribution in [0.15, 0.2) is 26.5 Å². The maximum absolute atomic E-state index is 11.6. The van der Waals surface area contributed by atoms with Crippen molar-refractivity contribution in [1.82, 2.24) is 14.5 Å². The average molecular weight is 436 g/mol. The lowest BCUT2D eigenvalue weighted by Gasteiger charge is -2.29. The Morgan fingerprint density at radius 1 is 0.935 bits per heavy atom. The van der Waals surface area contributed by atoms with Crippen molar-refractivity contribution in [2.45, 2.75) is 71.8 Å². The number of aromatic amines is 2. The van der Waals surface area contributed by atoms with Crippen LogP contribution in [0.4, 0.5) is 0 Å². The Morgan fingerprint density at radius 3 is 1.87 bits per heavy atom. The van der Waals surface area contributed by atoms with Crippen molar-refractivity contribution in [2.75, 3.05) is 13.2 Å². The predicted octanol–water partition coefficient (Wildman–Crippen LogP) is 2.28. The fourth-order valence-corrected chi connectivity index (χ4v) is 3.17. The summed E-state index contributed by atoms with van der Waals surface area (Å²) in [6.45, 7) is 14.5. The minimum atomic E-state index is -0.851. The summed E-state index contributed by atoms with van der Waals surface area (Å²) < 4.78 is 0.819. The SMILES string of the molecule is CC(COOCCn1c(=O)[nH]c(=O)[nH]c1=O)c1cc(C(C)(C)C)c(O)c(C(C)(C)C)c1. The highest BCUT2D eigenvalue weighted by Gasteiger charge is 2.27. The van der Waals surface area contributed by atoms with Gasteiger partial charge in [-0.1, -0.05) is 60.6 Å². The van der Waals surface area contributed by atoms with Crippen LogP contribution >= 0.6 is 0 Å². The molecule has 0 bridgehead atoms. The molecule has 0 spiro atoms. The molecule has 2 rings (SSSR count). The molecule has 0 saturated carbocycles. The van der Waals surface area contributed by atoms with Gasteiger partial charge in [-0.3, -0.25) is 9.97 Å². The minimum Gasteiger partial charge on any atom is -0.507 e. The van der Waals surface area contributed by atoms with Crippen molar-refractivity contribution in [3.8, 4) is 5.75 Å². The van der Waals surface area contributed by atoms with Crippen LogP contribution in [-0.4, -0.2) is 32.9 Å². The summed E-state index contributed by atoms with van der Waals surface area (Å²) in [5.74, 6) is 0.298. The molecule has 1 aromatic heterocycles. The zero-order valence-electron chi connectivity index (χ0n) is 19.3. The minimum absolute atomic E-state index is 0.0259. The van der Waals surface area contributed by atoms with Gasteiger partial charge in [0.1, 0.15) is 12.4 Å². The molecule has 0 saturated heterocycles. The molecule has 0 fully saturated rings. The van der Waals surface area contributed by atoms with Crippen molar-refractivity contribution in [2.24, 2.45) is 0 Å². The van der Waals surface area contributed by atoms with Gasteiger partial charge in [-0.25, -0.2) is 28.7 Å². The molecular formula is C22H33N3O6. The highest BCUT2D eigenvalue weighted by Crippen LogP contribution is 2.41.